The van der Waals surface area contributed by atoms with E-state index >= 15 is 0 Å². The molecule has 7 N–H and O–H groups in total. The molecule has 3 aromatic rings. The number of thioether (sulfide) groups is 1. The number of hydrogen-bond acceptors (Lipinski definition) is 4. The highest BCUT2D eigenvalue weighted by molar-refractivity contribution is 7.99. The molecule has 0 aliphatic carbocycles. The third-order valence-corrected chi connectivity index (χ3v) is 4.11. The van der Waals surface area contributed by atoms with Crippen molar-refractivity contribution in [1.82, 2.24) is 0 Å². The minimum absolute atomic E-state index is 0.104. The molecule has 23 heavy (non-hydrogen) atoms. The number of H-pyrrole nitrogens is 2. The van der Waals surface area contributed by atoms with Crippen LogP contribution in [0.5, 0.6) is 0 Å². The Kier molecular flexibility index (Phi) is 4.29. The van der Waals surface area contributed by atoms with E-state index in [1.807, 2.05) is 42.5 Å². The second kappa shape index (κ2) is 6.53. The molecule has 0 unspecified atom stereocenters. The first-order chi connectivity index (χ1) is 11.1. The van der Waals surface area contributed by atoms with Gasteiger partial charge in [-0.2, -0.15) is 9.97 Å². The van der Waals surface area contributed by atoms with Crippen molar-refractivity contribution >= 4 is 45.8 Å². The van der Waals surface area contributed by atoms with Crippen molar-refractivity contribution in [2.75, 3.05) is 22.5 Å². The van der Waals surface area contributed by atoms with Crippen LogP contribution >= 0.6 is 11.8 Å². The molecular formula is C16H17N5OS+2. The van der Waals surface area contributed by atoms with Gasteiger partial charge in [-0.05, 0) is 34.7 Å². The normalized spacial score (nSPS) is 10.6. The average Bonchev–Trinajstić information content (AvgIpc) is 2.52. The zero-order valence-corrected chi connectivity index (χ0v) is 13.1. The van der Waals surface area contributed by atoms with Crippen LogP contribution < -0.4 is 26.8 Å². The first-order valence-corrected chi connectivity index (χ1v) is 8.01. The summed E-state index contributed by atoms with van der Waals surface area (Å²) in [5.41, 5.74) is 12.1. The van der Waals surface area contributed by atoms with Gasteiger partial charge in [-0.1, -0.05) is 30.3 Å². The molecule has 7 heteroatoms. The lowest BCUT2D eigenvalue weighted by Crippen LogP contribution is -2.28. The Morgan fingerprint density at radius 2 is 1.70 bits per heavy atom. The number of carbonyl (C=O) groups is 1. The zero-order valence-electron chi connectivity index (χ0n) is 12.3. The summed E-state index contributed by atoms with van der Waals surface area (Å²) in [4.78, 5) is 17.9. The molecule has 1 heterocycles. The summed E-state index contributed by atoms with van der Waals surface area (Å²) in [6, 6.07) is 15.4. The van der Waals surface area contributed by atoms with Crippen molar-refractivity contribution in [2.24, 2.45) is 0 Å². The van der Waals surface area contributed by atoms with E-state index in [-0.39, 0.29) is 11.7 Å². The van der Waals surface area contributed by atoms with Crippen molar-refractivity contribution in [3.8, 4) is 0 Å². The van der Waals surface area contributed by atoms with Gasteiger partial charge in [-0.15, -0.1) is 0 Å². The maximum absolute atomic E-state index is 12.1. The van der Waals surface area contributed by atoms with Gasteiger partial charge in [0.05, 0.1) is 5.75 Å². The number of hydrogen-bond donors (Lipinski definition) is 3. The lowest BCUT2D eigenvalue weighted by Gasteiger charge is -2.05. The minimum atomic E-state index is -0.104. The number of carbonyl (C=O) groups excluding carboxylic acids is 1. The number of rotatable bonds is 4. The number of nitrogens with one attached hydrogen (secondary N) is 3. The van der Waals surface area contributed by atoms with E-state index in [4.69, 9.17) is 11.5 Å². The smallest absolute Gasteiger partial charge is 0.359 e. The zero-order chi connectivity index (χ0) is 16.2. The fourth-order valence-electron chi connectivity index (χ4n) is 2.21. The fraction of sp³-hybridized carbons (Fsp3) is 0.0625. The van der Waals surface area contributed by atoms with E-state index in [1.54, 1.807) is 6.07 Å². The Labute approximate surface area is 137 Å². The van der Waals surface area contributed by atoms with E-state index in [9.17, 15) is 4.79 Å². The van der Waals surface area contributed by atoms with Gasteiger partial charge in [0.1, 0.15) is 6.07 Å². The summed E-state index contributed by atoms with van der Waals surface area (Å²) in [5, 5.41) is 5.74. The molecule has 0 bridgehead atoms. The maximum Gasteiger partial charge on any atom is 0.375 e. The molecule has 0 aliphatic heterocycles. The third-order valence-electron chi connectivity index (χ3n) is 3.21. The molecule has 0 saturated heterocycles. The van der Waals surface area contributed by atoms with Crippen molar-refractivity contribution in [3.05, 3.63) is 48.5 Å². The molecular weight excluding hydrogens is 310 g/mol. The molecule has 3 rings (SSSR count). The first-order valence-electron chi connectivity index (χ1n) is 7.02. The van der Waals surface area contributed by atoms with Crippen LogP contribution in [0.4, 0.5) is 17.3 Å². The van der Waals surface area contributed by atoms with Crippen molar-refractivity contribution in [1.29, 1.82) is 0 Å². The predicted octanol–water partition coefficient (Wildman–Crippen LogP) is 1.36. The Bertz CT molecular complexity index is 848. The van der Waals surface area contributed by atoms with Crippen LogP contribution in [0, 0.1) is 0 Å². The predicted molar refractivity (Wildman–Crippen MR) is 91.7 cm³/mol. The van der Waals surface area contributed by atoms with Crippen molar-refractivity contribution in [3.63, 3.8) is 0 Å². The SMILES string of the molecule is Nc1cc(N)[nH+]c(SCC(=O)Nc2ccc3ccccc3c2)[nH+]1. The third kappa shape index (κ3) is 3.89. The largest absolute Gasteiger partial charge is 0.375 e. The molecule has 1 amide bonds. The maximum atomic E-state index is 12.1. The van der Waals surface area contributed by atoms with E-state index in [0.29, 0.717) is 16.8 Å². The number of nitrogens with two attached hydrogens (primary N) is 2. The van der Waals surface area contributed by atoms with E-state index in [1.165, 1.54) is 11.8 Å². The molecule has 0 spiro atoms. The number of anilines is 3. The van der Waals surface area contributed by atoms with Gasteiger partial charge in [0.15, 0.2) is 0 Å². The Balaban J connectivity index is 1.64. The quantitative estimate of drug-likeness (QED) is 0.496. The van der Waals surface area contributed by atoms with Crippen LogP contribution in [0.25, 0.3) is 10.8 Å². The van der Waals surface area contributed by atoms with Crippen molar-refractivity contribution in [2.45, 2.75) is 5.16 Å². The van der Waals surface area contributed by atoms with Gasteiger partial charge < -0.3 is 11.1 Å². The van der Waals surface area contributed by atoms with E-state index in [2.05, 4.69) is 15.3 Å². The molecule has 116 valence electrons. The Hall–Kier alpha value is -2.80. The van der Waals surface area contributed by atoms with Gasteiger partial charge in [0.25, 0.3) is 0 Å². The number of benzene rings is 2. The number of aromatic amines is 2. The second-order valence-corrected chi connectivity index (χ2v) is 6.02. The Morgan fingerprint density at radius 3 is 2.43 bits per heavy atom. The highest BCUT2D eigenvalue weighted by Gasteiger charge is 2.14. The van der Waals surface area contributed by atoms with Crippen LogP contribution in [-0.4, -0.2) is 11.7 Å². The second-order valence-electron chi connectivity index (χ2n) is 5.03. The van der Waals surface area contributed by atoms with Crippen LogP contribution in [0.1, 0.15) is 0 Å². The van der Waals surface area contributed by atoms with Crippen LogP contribution in [0.2, 0.25) is 0 Å². The first kappa shape index (κ1) is 15.1. The number of fused-ring (bicyclic) bond motifs is 1. The summed E-state index contributed by atoms with van der Waals surface area (Å²) < 4.78 is 0. The summed E-state index contributed by atoms with van der Waals surface area (Å²) in [6.45, 7) is 0. The summed E-state index contributed by atoms with van der Waals surface area (Å²) >= 11 is 1.30. The average molecular weight is 327 g/mol. The fourth-order valence-corrected chi connectivity index (χ4v) is 2.93. The molecule has 6 nitrogen and oxygen atoms in total. The van der Waals surface area contributed by atoms with E-state index in [0.717, 1.165) is 16.5 Å². The van der Waals surface area contributed by atoms with Crippen LogP contribution in [0.15, 0.2) is 53.7 Å². The molecule has 1 aromatic heterocycles. The van der Waals surface area contributed by atoms with Gasteiger partial charge in [-0.3, -0.25) is 10.5 Å². The molecule has 0 fully saturated rings. The Morgan fingerprint density at radius 1 is 1.00 bits per heavy atom. The van der Waals surface area contributed by atoms with Gasteiger partial charge in [0, 0.05) is 5.69 Å². The van der Waals surface area contributed by atoms with Crippen LogP contribution in [-0.2, 0) is 4.79 Å². The standard InChI is InChI=1S/C16H15N5OS/c17-13-8-14(18)21-16(20-13)23-9-15(22)19-12-6-5-10-3-1-2-4-11(10)7-12/h1-8H,9H2,(H,19,22)(H4,17,18,20,21)/p+2. The molecule has 0 aliphatic rings. The highest BCUT2D eigenvalue weighted by Crippen LogP contribution is 2.19. The minimum Gasteiger partial charge on any atom is -0.359 e. The molecule has 2 aromatic carbocycles. The number of aromatic nitrogens is 2. The van der Waals surface area contributed by atoms with Gasteiger partial charge in [0.2, 0.25) is 11.7 Å². The lowest BCUT2D eigenvalue weighted by atomic mass is 10.1. The van der Waals surface area contributed by atoms with Gasteiger partial charge in [-0.25, -0.2) is 0 Å². The van der Waals surface area contributed by atoms with Gasteiger partial charge >= 0.3 is 11.0 Å². The topological polar surface area (TPSA) is 109 Å². The number of amides is 1. The summed E-state index contributed by atoms with van der Waals surface area (Å²) in [6.07, 6.45) is 0. The lowest BCUT2D eigenvalue weighted by molar-refractivity contribution is -0.590. The number of nitrogen functional groups attached to an aromatic ring is 2. The molecule has 0 radical (unpaired) electrons. The molecule has 0 atom stereocenters. The van der Waals surface area contributed by atoms with Crippen LogP contribution in [0.3, 0.4) is 0 Å². The highest BCUT2D eigenvalue weighted by atomic mass is 32.2. The summed E-state index contributed by atoms with van der Waals surface area (Å²) in [7, 11) is 0. The molecule has 0 saturated carbocycles. The monoisotopic (exact) mass is 327 g/mol. The van der Waals surface area contributed by atoms with Crippen molar-refractivity contribution < 1.29 is 14.8 Å². The van der Waals surface area contributed by atoms with E-state index < -0.39 is 0 Å². The summed E-state index contributed by atoms with van der Waals surface area (Å²) in [5.74, 6) is 1.02.